The zero-order valence-corrected chi connectivity index (χ0v) is 16.3. The molecule has 2 N–H and O–H groups in total. The van der Waals surface area contributed by atoms with Crippen molar-refractivity contribution in [3.05, 3.63) is 77.1 Å². The zero-order valence-electron chi connectivity index (χ0n) is 16.3. The van der Waals surface area contributed by atoms with Crippen molar-refractivity contribution in [2.75, 3.05) is 17.2 Å². The van der Waals surface area contributed by atoms with Crippen molar-refractivity contribution in [1.29, 1.82) is 0 Å². The summed E-state index contributed by atoms with van der Waals surface area (Å²) in [7, 11) is 0. The van der Waals surface area contributed by atoms with E-state index in [1.807, 2.05) is 38.1 Å². The maximum atomic E-state index is 12.6. The Morgan fingerprint density at radius 2 is 1.82 bits per heavy atom. The molecule has 2 aromatic carbocycles. The Hall–Kier alpha value is -3.41. The second-order valence-corrected chi connectivity index (χ2v) is 6.47. The van der Waals surface area contributed by atoms with Crippen LogP contribution in [0.5, 0.6) is 5.75 Å². The summed E-state index contributed by atoms with van der Waals surface area (Å²) in [5.41, 5.74) is 4.04. The maximum Gasteiger partial charge on any atom is 0.274 e. The van der Waals surface area contributed by atoms with Crippen LogP contribution in [0.1, 0.15) is 34.2 Å². The van der Waals surface area contributed by atoms with Gasteiger partial charge in [-0.3, -0.25) is 4.79 Å². The fourth-order valence-corrected chi connectivity index (χ4v) is 2.76. The number of nitrogens with one attached hydrogen (secondary N) is 2. The molecule has 1 aromatic heterocycles. The van der Waals surface area contributed by atoms with E-state index in [4.69, 9.17) is 4.74 Å². The van der Waals surface area contributed by atoms with Crippen molar-refractivity contribution in [3.63, 3.8) is 0 Å². The van der Waals surface area contributed by atoms with Crippen molar-refractivity contribution >= 4 is 17.5 Å². The smallest absolute Gasteiger partial charge is 0.274 e. The van der Waals surface area contributed by atoms with Crippen LogP contribution in [-0.4, -0.2) is 22.5 Å². The van der Waals surface area contributed by atoms with Crippen molar-refractivity contribution in [1.82, 2.24) is 9.97 Å². The van der Waals surface area contributed by atoms with E-state index < -0.39 is 0 Å². The molecule has 1 amide bonds. The molecule has 0 spiro atoms. The summed E-state index contributed by atoms with van der Waals surface area (Å²) in [6, 6.07) is 17.1. The number of hydrogen-bond donors (Lipinski definition) is 2. The first-order chi connectivity index (χ1) is 13.5. The fraction of sp³-hybridized carbons (Fsp3) is 0.227. The number of amides is 1. The Morgan fingerprint density at radius 1 is 1.04 bits per heavy atom. The Bertz CT molecular complexity index is 955. The van der Waals surface area contributed by atoms with E-state index >= 15 is 0 Å². The number of carbonyl (C=O) groups is 1. The Kier molecular flexibility index (Phi) is 6.22. The van der Waals surface area contributed by atoms with Crippen LogP contribution in [0.4, 0.5) is 11.6 Å². The average molecular weight is 376 g/mol. The molecule has 0 radical (unpaired) electrons. The second kappa shape index (κ2) is 8.99. The highest BCUT2D eigenvalue weighted by Gasteiger charge is 2.11. The van der Waals surface area contributed by atoms with Crippen LogP contribution in [0.3, 0.4) is 0 Å². The first kappa shape index (κ1) is 19.4. The van der Waals surface area contributed by atoms with Crippen LogP contribution in [0.25, 0.3) is 0 Å². The van der Waals surface area contributed by atoms with Gasteiger partial charge in [-0.05, 0) is 56.7 Å². The molecule has 1 heterocycles. The monoisotopic (exact) mass is 376 g/mol. The number of anilines is 2. The highest BCUT2D eigenvalue weighted by molar-refractivity contribution is 6.03. The normalized spacial score (nSPS) is 10.4. The average Bonchev–Trinajstić information content (AvgIpc) is 2.68. The molecule has 0 saturated heterocycles. The molecule has 0 aliphatic rings. The van der Waals surface area contributed by atoms with Gasteiger partial charge in [0.1, 0.15) is 11.4 Å². The molecule has 0 saturated carbocycles. The topological polar surface area (TPSA) is 76.1 Å². The van der Waals surface area contributed by atoms with E-state index in [9.17, 15) is 4.79 Å². The molecule has 144 valence electrons. The molecule has 3 rings (SSSR count). The predicted octanol–water partition coefficient (Wildman–Crippen LogP) is 4.36. The van der Waals surface area contributed by atoms with Gasteiger partial charge in [-0.1, -0.05) is 29.8 Å². The van der Waals surface area contributed by atoms with E-state index in [-0.39, 0.29) is 5.91 Å². The minimum atomic E-state index is -0.284. The summed E-state index contributed by atoms with van der Waals surface area (Å²) in [4.78, 5) is 21.3. The first-order valence-electron chi connectivity index (χ1n) is 9.23. The molecule has 0 aliphatic carbocycles. The van der Waals surface area contributed by atoms with Crippen LogP contribution >= 0.6 is 0 Å². The SMILES string of the molecule is CCOc1ccc(NC(=O)c2cc(C)nc(NCc3cccc(C)c3)n2)cc1. The summed E-state index contributed by atoms with van der Waals surface area (Å²) >= 11 is 0. The van der Waals surface area contributed by atoms with Gasteiger partial charge in [-0.25, -0.2) is 9.97 Å². The number of rotatable bonds is 7. The Balaban J connectivity index is 1.68. The summed E-state index contributed by atoms with van der Waals surface area (Å²) in [6.45, 7) is 7.01. The molecule has 0 aliphatic heterocycles. The van der Waals surface area contributed by atoms with Gasteiger partial charge in [0, 0.05) is 17.9 Å². The Morgan fingerprint density at radius 3 is 2.54 bits per heavy atom. The van der Waals surface area contributed by atoms with Gasteiger partial charge in [0.25, 0.3) is 5.91 Å². The van der Waals surface area contributed by atoms with Gasteiger partial charge < -0.3 is 15.4 Å². The molecule has 6 heteroatoms. The number of nitrogens with zero attached hydrogens (tertiary/aromatic N) is 2. The third kappa shape index (κ3) is 5.30. The van der Waals surface area contributed by atoms with Gasteiger partial charge in [0.2, 0.25) is 5.95 Å². The van der Waals surface area contributed by atoms with Gasteiger partial charge >= 0.3 is 0 Å². The standard InChI is InChI=1S/C22H24N4O2/c1-4-28-19-10-8-18(9-11-19)25-21(27)20-13-16(3)24-22(26-20)23-14-17-7-5-6-15(2)12-17/h5-13H,4,14H2,1-3H3,(H,25,27)(H,23,24,26). The molecule has 0 bridgehead atoms. The van der Waals surface area contributed by atoms with Crippen LogP contribution in [-0.2, 0) is 6.54 Å². The lowest BCUT2D eigenvalue weighted by molar-refractivity contribution is 0.102. The van der Waals surface area contributed by atoms with Crippen molar-refractivity contribution < 1.29 is 9.53 Å². The lowest BCUT2D eigenvalue weighted by Gasteiger charge is -2.10. The van der Waals surface area contributed by atoms with Crippen molar-refractivity contribution in [2.24, 2.45) is 0 Å². The number of ether oxygens (including phenoxy) is 1. The third-order valence-corrected chi connectivity index (χ3v) is 4.04. The number of benzene rings is 2. The Labute approximate surface area is 165 Å². The summed E-state index contributed by atoms with van der Waals surface area (Å²) in [5.74, 6) is 0.910. The summed E-state index contributed by atoms with van der Waals surface area (Å²) in [6.07, 6.45) is 0. The highest BCUT2D eigenvalue weighted by Crippen LogP contribution is 2.17. The third-order valence-electron chi connectivity index (χ3n) is 4.04. The molecule has 0 fully saturated rings. The van der Waals surface area contributed by atoms with E-state index in [1.165, 1.54) is 5.56 Å². The first-order valence-corrected chi connectivity index (χ1v) is 9.23. The fourth-order valence-electron chi connectivity index (χ4n) is 2.76. The highest BCUT2D eigenvalue weighted by atomic mass is 16.5. The predicted molar refractivity (Wildman–Crippen MR) is 111 cm³/mol. The molecule has 28 heavy (non-hydrogen) atoms. The molecule has 0 atom stereocenters. The minimum Gasteiger partial charge on any atom is -0.494 e. The van der Waals surface area contributed by atoms with Crippen LogP contribution in [0.15, 0.2) is 54.6 Å². The number of hydrogen-bond acceptors (Lipinski definition) is 5. The summed E-state index contributed by atoms with van der Waals surface area (Å²) in [5, 5.41) is 6.04. The van der Waals surface area contributed by atoms with E-state index in [1.54, 1.807) is 18.2 Å². The lowest BCUT2D eigenvalue weighted by atomic mass is 10.1. The minimum absolute atomic E-state index is 0.284. The molecular weight excluding hydrogens is 352 g/mol. The van der Waals surface area contributed by atoms with E-state index in [2.05, 4.69) is 39.7 Å². The van der Waals surface area contributed by atoms with Crippen LogP contribution < -0.4 is 15.4 Å². The van der Waals surface area contributed by atoms with Gasteiger partial charge in [-0.2, -0.15) is 0 Å². The van der Waals surface area contributed by atoms with Crippen molar-refractivity contribution in [3.8, 4) is 5.75 Å². The molecule has 3 aromatic rings. The van der Waals surface area contributed by atoms with Gasteiger partial charge in [-0.15, -0.1) is 0 Å². The summed E-state index contributed by atoms with van der Waals surface area (Å²) < 4.78 is 5.41. The number of carbonyl (C=O) groups excluding carboxylic acids is 1. The molecular formula is C22H24N4O2. The van der Waals surface area contributed by atoms with Gasteiger partial charge in [0.15, 0.2) is 0 Å². The largest absolute Gasteiger partial charge is 0.494 e. The van der Waals surface area contributed by atoms with E-state index in [0.29, 0.717) is 30.5 Å². The molecule has 6 nitrogen and oxygen atoms in total. The second-order valence-electron chi connectivity index (χ2n) is 6.47. The maximum absolute atomic E-state index is 12.6. The van der Waals surface area contributed by atoms with Crippen LogP contribution in [0.2, 0.25) is 0 Å². The lowest BCUT2D eigenvalue weighted by Crippen LogP contribution is -2.16. The quantitative estimate of drug-likeness (QED) is 0.641. The van der Waals surface area contributed by atoms with Crippen molar-refractivity contribution in [2.45, 2.75) is 27.3 Å². The van der Waals surface area contributed by atoms with E-state index in [0.717, 1.165) is 17.0 Å². The number of aryl methyl sites for hydroxylation is 2. The number of aromatic nitrogens is 2. The molecule has 0 unspecified atom stereocenters. The zero-order chi connectivity index (χ0) is 19.9. The van der Waals surface area contributed by atoms with Crippen LogP contribution in [0, 0.1) is 13.8 Å². The van der Waals surface area contributed by atoms with Gasteiger partial charge in [0.05, 0.1) is 6.61 Å².